The summed E-state index contributed by atoms with van der Waals surface area (Å²) in [5, 5.41) is 0. The van der Waals surface area contributed by atoms with Gasteiger partial charge in [-0.1, -0.05) is 50.4 Å². The van der Waals surface area contributed by atoms with Gasteiger partial charge in [-0.2, -0.15) is 0 Å². The molecule has 224 valence electrons. The van der Waals surface area contributed by atoms with Crippen LogP contribution in [0.3, 0.4) is 0 Å². The van der Waals surface area contributed by atoms with E-state index in [4.69, 9.17) is 23.7 Å². The monoisotopic (exact) mass is 586 g/mol. The van der Waals surface area contributed by atoms with E-state index >= 15 is 0 Å². The van der Waals surface area contributed by atoms with Crippen molar-refractivity contribution >= 4 is 24.4 Å². The fourth-order valence-electron chi connectivity index (χ4n) is 3.99. The number of benzene rings is 3. The molecule has 3 rings (SSSR count). The highest BCUT2D eigenvalue weighted by atomic mass is 16.6. The van der Waals surface area contributed by atoms with Crippen LogP contribution in [-0.4, -0.2) is 50.8 Å². The van der Waals surface area contributed by atoms with Crippen molar-refractivity contribution in [2.75, 3.05) is 26.4 Å². The first kappa shape index (κ1) is 32.3. The molecule has 0 aromatic heterocycles. The minimum absolute atomic E-state index is 0.0166. The number of hydrogen-bond donors (Lipinski definition) is 0. The van der Waals surface area contributed by atoms with Gasteiger partial charge in [0.1, 0.15) is 37.9 Å². The second-order valence-electron chi connectivity index (χ2n) is 9.49. The highest BCUT2D eigenvalue weighted by Crippen LogP contribution is 2.36. The first-order valence-corrected chi connectivity index (χ1v) is 13.6. The second kappa shape index (κ2) is 15.7. The molecule has 9 nitrogen and oxygen atoms in total. The van der Waals surface area contributed by atoms with Gasteiger partial charge in [-0.05, 0) is 72.9 Å². The Kier molecular flexibility index (Phi) is 11.8. The fourth-order valence-corrected chi connectivity index (χ4v) is 3.99. The van der Waals surface area contributed by atoms with E-state index in [0.29, 0.717) is 24.4 Å². The lowest BCUT2D eigenvalue weighted by atomic mass is 9.92. The lowest BCUT2D eigenvalue weighted by molar-refractivity contribution is -0.140. The molecule has 43 heavy (non-hydrogen) atoms. The molecule has 0 radical (unpaired) electrons. The van der Waals surface area contributed by atoms with Gasteiger partial charge in [0.15, 0.2) is 0 Å². The molecule has 0 amide bonds. The number of hydrogen-bond acceptors (Lipinski definition) is 9. The van der Waals surface area contributed by atoms with E-state index in [2.05, 4.69) is 19.2 Å². The number of ether oxygens (including phenoxy) is 5. The summed E-state index contributed by atoms with van der Waals surface area (Å²) in [6.45, 7) is 12.4. The Hall–Kier alpha value is -5.18. The average molecular weight is 587 g/mol. The van der Waals surface area contributed by atoms with Gasteiger partial charge in [-0.25, -0.2) is 14.4 Å². The van der Waals surface area contributed by atoms with Crippen LogP contribution in [0.2, 0.25) is 0 Å². The van der Waals surface area contributed by atoms with Crippen molar-refractivity contribution in [2.24, 2.45) is 0 Å². The van der Waals surface area contributed by atoms with Crippen molar-refractivity contribution in [2.45, 2.75) is 27.2 Å². The highest BCUT2D eigenvalue weighted by molar-refractivity contribution is 5.92. The lowest BCUT2D eigenvalue weighted by Gasteiger charge is -2.17. The first-order chi connectivity index (χ1) is 20.6. The third-order valence-corrected chi connectivity index (χ3v) is 6.19. The number of carbonyl (C=O) groups excluding carboxylic acids is 4. The van der Waals surface area contributed by atoms with E-state index in [1.54, 1.807) is 37.3 Å². The number of esters is 3. The molecule has 0 spiro atoms. The van der Waals surface area contributed by atoms with Crippen LogP contribution in [0.25, 0.3) is 22.3 Å². The predicted molar refractivity (Wildman–Crippen MR) is 161 cm³/mol. The zero-order valence-electron chi connectivity index (χ0n) is 24.5. The standard InChI is InChI=1S/C34H34O9/c1-6-24-19-26(25-7-11-28(12-8-25)43-21-35)9-13-29(24)30-14-10-27(34(38)42-18-17-41-33(37)23(4)5)20-31(30)39-15-16-40-32(36)22(2)3/h7-14,19-21H,2,4,6,15-18H2,1,3,5H3. The number of carbonyl (C=O) groups is 4. The molecular formula is C34H34O9. The normalized spacial score (nSPS) is 10.3. The summed E-state index contributed by atoms with van der Waals surface area (Å²) in [5.41, 5.74) is 5.33. The summed E-state index contributed by atoms with van der Waals surface area (Å²) in [4.78, 5) is 46.7. The maximum absolute atomic E-state index is 12.8. The molecule has 0 aliphatic rings. The molecule has 0 N–H and O–H groups in total. The quantitative estimate of drug-likeness (QED) is 0.0707. The van der Waals surface area contributed by atoms with Gasteiger partial charge >= 0.3 is 17.9 Å². The van der Waals surface area contributed by atoms with E-state index in [0.717, 1.165) is 27.8 Å². The van der Waals surface area contributed by atoms with E-state index in [9.17, 15) is 19.2 Å². The van der Waals surface area contributed by atoms with Gasteiger partial charge in [0.25, 0.3) is 6.47 Å². The van der Waals surface area contributed by atoms with Crippen molar-refractivity contribution in [1.29, 1.82) is 0 Å². The third-order valence-electron chi connectivity index (χ3n) is 6.19. The summed E-state index contributed by atoms with van der Waals surface area (Å²) in [7, 11) is 0. The average Bonchev–Trinajstić information content (AvgIpc) is 3.01. The van der Waals surface area contributed by atoms with Gasteiger partial charge in [-0.3, -0.25) is 4.79 Å². The van der Waals surface area contributed by atoms with Gasteiger partial charge in [0.05, 0.1) is 5.56 Å². The van der Waals surface area contributed by atoms with Crippen LogP contribution in [0.5, 0.6) is 11.5 Å². The first-order valence-electron chi connectivity index (χ1n) is 13.6. The summed E-state index contributed by atoms with van der Waals surface area (Å²) >= 11 is 0. The van der Waals surface area contributed by atoms with E-state index in [1.165, 1.54) is 6.92 Å². The molecule has 3 aromatic carbocycles. The van der Waals surface area contributed by atoms with E-state index in [1.807, 2.05) is 31.2 Å². The molecule has 0 aliphatic heterocycles. The molecule has 0 saturated carbocycles. The van der Waals surface area contributed by atoms with Crippen LogP contribution in [0.1, 0.15) is 36.7 Å². The molecule has 0 heterocycles. The number of rotatable bonds is 15. The number of aryl methyl sites for hydroxylation is 1. The van der Waals surface area contributed by atoms with Crippen molar-refractivity contribution < 1.29 is 42.9 Å². The van der Waals surface area contributed by atoms with Crippen LogP contribution >= 0.6 is 0 Å². The Balaban J connectivity index is 1.87. The minimum atomic E-state index is -0.621. The maximum Gasteiger partial charge on any atom is 0.338 e. The molecule has 0 saturated heterocycles. The fraction of sp³-hybridized carbons (Fsp3) is 0.235. The molecular weight excluding hydrogens is 552 g/mol. The summed E-state index contributed by atoms with van der Waals surface area (Å²) in [5.74, 6) is -0.863. The predicted octanol–water partition coefficient (Wildman–Crippen LogP) is 5.89. The zero-order valence-corrected chi connectivity index (χ0v) is 24.5. The zero-order chi connectivity index (χ0) is 31.4. The van der Waals surface area contributed by atoms with Crippen LogP contribution in [0, 0.1) is 0 Å². The van der Waals surface area contributed by atoms with Crippen molar-refractivity contribution in [1.82, 2.24) is 0 Å². The maximum atomic E-state index is 12.8. The Morgan fingerprint density at radius 1 is 0.721 bits per heavy atom. The lowest BCUT2D eigenvalue weighted by Crippen LogP contribution is -2.15. The van der Waals surface area contributed by atoms with Crippen LogP contribution in [-0.2, 0) is 35.0 Å². The summed E-state index contributed by atoms with van der Waals surface area (Å²) in [6, 6.07) is 18.2. The smallest absolute Gasteiger partial charge is 0.338 e. The van der Waals surface area contributed by atoms with Gasteiger partial charge in [0, 0.05) is 16.7 Å². The Labute approximate surface area is 250 Å². The van der Waals surface area contributed by atoms with Crippen molar-refractivity contribution in [3.63, 3.8) is 0 Å². The molecule has 0 fully saturated rings. The topological polar surface area (TPSA) is 114 Å². The SMILES string of the molecule is C=C(C)C(=O)OCCOC(=O)c1ccc(-c2ccc(-c3ccc(OC=O)cc3)cc2CC)c(OCCOC(=O)C(=C)C)c1. The van der Waals surface area contributed by atoms with Crippen LogP contribution in [0.15, 0.2) is 85.0 Å². The second-order valence-corrected chi connectivity index (χ2v) is 9.49. The van der Waals surface area contributed by atoms with Crippen molar-refractivity contribution in [3.8, 4) is 33.8 Å². The van der Waals surface area contributed by atoms with Gasteiger partial charge in [0.2, 0.25) is 0 Å². The Morgan fingerprint density at radius 3 is 1.91 bits per heavy atom. The van der Waals surface area contributed by atoms with Crippen molar-refractivity contribution in [3.05, 3.63) is 96.1 Å². The molecule has 3 aromatic rings. The Bertz CT molecular complexity index is 1500. The Morgan fingerprint density at radius 2 is 1.30 bits per heavy atom. The largest absolute Gasteiger partial charge is 0.489 e. The van der Waals surface area contributed by atoms with Crippen LogP contribution < -0.4 is 9.47 Å². The highest BCUT2D eigenvalue weighted by Gasteiger charge is 2.17. The summed E-state index contributed by atoms with van der Waals surface area (Å²) in [6.07, 6.45) is 0.706. The molecule has 0 aliphatic carbocycles. The van der Waals surface area contributed by atoms with Crippen LogP contribution in [0.4, 0.5) is 0 Å². The minimum Gasteiger partial charge on any atom is -0.489 e. The third kappa shape index (κ3) is 9.16. The van der Waals surface area contributed by atoms with E-state index in [-0.39, 0.29) is 43.1 Å². The van der Waals surface area contributed by atoms with E-state index < -0.39 is 17.9 Å². The van der Waals surface area contributed by atoms with Gasteiger partial charge < -0.3 is 23.7 Å². The molecule has 9 heteroatoms. The van der Waals surface area contributed by atoms with Gasteiger partial charge in [-0.15, -0.1) is 0 Å². The molecule has 0 unspecified atom stereocenters. The summed E-state index contributed by atoms with van der Waals surface area (Å²) < 4.78 is 26.3. The molecule has 0 bridgehead atoms. The molecule has 0 atom stereocenters.